The molecule has 4 aliphatic rings. The Kier molecular flexibility index (Phi) is 9.60. The lowest BCUT2D eigenvalue weighted by Crippen LogP contribution is -2.57. The number of rotatable bonds is 7. The predicted octanol–water partition coefficient (Wildman–Crippen LogP) is 3.02. The van der Waals surface area contributed by atoms with Crippen LogP contribution in [0.5, 0.6) is 0 Å². The first-order valence-electron chi connectivity index (χ1n) is 15.9. The van der Waals surface area contributed by atoms with Gasteiger partial charge in [-0.3, -0.25) is 19.2 Å². The Balaban J connectivity index is 1.59. The summed E-state index contributed by atoms with van der Waals surface area (Å²) in [4.78, 5) is 60.9. The van der Waals surface area contributed by atoms with Crippen LogP contribution >= 0.6 is 0 Å². The summed E-state index contributed by atoms with van der Waals surface area (Å²) in [7, 11) is 1.70. The van der Waals surface area contributed by atoms with Crippen LogP contribution in [0.4, 0.5) is 0 Å². The van der Waals surface area contributed by atoms with Gasteiger partial charge >= 0.3 is 5.97 Å². The van der Waals surface area contributed by atoms with E-state index in [4.69, 9.17) is 9.47 Å². The minimum Gasteiger partial charge on any atom is -0.455 e. The molecule has 0 aliphatic carbocycles. The maximum absolute atomic E-state index is 14.4. The molecular formula is C34H45N3O7. The van der Waals surface area contributed by atoms with Gasteiger partial charge in [0, 0.05) is 26.6 Å². The number of benzene rings is 1. The van der Waals surface area contributed by atoms with E-state index in [0.29, 0.717) is 19.5 Å². The van der Waals surface area contributed by atoms with E-state index < -0.39 is 59.6 Å². The average Bonchev–Trinajstić information content (AvgIpc) is 3.43. The highest BCUT2D eigenvalue weighted by Gasteiger charge is 2.72. The third-order valence-electron chi connectivity index (χ3n) is 9.72. The van der Waals surface area contributed by atoms with Crippen molar-refractivity contribution in [2.75, 3.05) is 26.7 Å². The normalized spacial score (nSPS) is 34.0. The molecule has 0 bridgehead atoms. The standard InChI is InChI=1S/C34H45N3O7/c1-5-6-12-19-36-20-13-18-34-28(31(40)37(22(2)21-38)30(34)32(36)41)27-25(44-34)16-10-11-17-26(39)35(4)23(3)29(43-33(27)42)24-14-8-7-9-15-24/h7-10,13-16,18,22-23,25,27-30,38H,5-6,11-12,17,19-21H2,1-4H3/b16-10-/t22-,23-,25-,27+,28+,29+,30-,34+/m1/s1. The molecule has 1 aromatic rings. The number of allylic oxidation sites excluding steroid dienone is 1. The fraction of sp³-hybridized carbons (Fsp3) is 0.588. The number of aliphatic hydroxyl groups is 1. The summed E-state index contributed by atoms with van der Waals surface area (Å²) in [5, 5.41) is 10.2. The van der Waals surface area contributed by atoms with Crippen LogP contribution in [0, 0.1) is 11.8 Å². The van der Waals surface area contributed by atoms with Crippen LogP contribution in [0.2, 0.25) is 0 Å². The van der Waals surface area contributed by atoms with Gasteiger partial charge in [-0.05, 0) is 32.3 Å². The fourth-order valence-electron chi connectivity index (χ4n) is 7.19. The van der Waals surface area contributed by atoms with E-state index >= 15 is 0 Å². The zero-order valence-corrected chi connectivity index (χ0v) is 26.1. The highest BCUT2D eigenvalue weighted by atomic mass is 16.6. The van der Waals surface area contributed by atoms with Crippen molar-refractivity contribution < 1.29 is 33.8 Å². The van der Waals surface area contributed by atoms with Crippen molar-refractivity contribution in [2.45, 2.75) is 88.8 Å². The molecule has 0 radical (unpaired) electrons. The van der Waals surface area contributed by atoms with Gasteiger partial charge in [0.1, 0.15) is 23.7 Å². The molecule has 0 saturated carbocycles. The third kappa shape index (κ3) is 5.58. The van der Waals surface area contributed by atoms with Crippen molar-refractivity contribution in [1.29, 1.82) is 0 Å². The van der Waals surface area contributed by atoms with Crippen molar-refractivity contribution in [3.05, 3.63) is 60.2 Å². The lowest BCUT2D eigenvalue weighted by atomic mass is 9.77. The quantitative estimate of drug-likeness (QED) is 0.288. The second kappa shape index (κ2) is 13.2. The molecule has 0 unspecified atom stereocenters. The second-order valence-corrected chi connectivity index (χ2v) is 12.5. The first-order valence-corrected chi connectivity index (χ1v) is 15.9. The average molecular weight is 608 g/mol. The van der Waals surface area contributed by atoms with Crippen molar-refractivity contribution in [2.24, 2.45) is 11.8 Å². The Hall–Kier alpha value is -3.50. The number of aliphatic hydroxyl groups excluding tert-OH is 1. The van der Waals surface area contributed by atoms with Gasteiger partial charge in [0.05, 0.1) is 30.7 Å². The molecule has 4 heterocycles. The summed E-state index contributed by atoms with van der Waals surface area (Å²) in [6.07, 6.45) is 9.04. The van der Waals surface area contributed by atoms with Crippen LogP contribution in [0.3, 0.4) is 0 Å². The first-order chi connectivity index (χ1) is 21.2. The molecule has 1 spiro atoms. The van der Waals surface area contributed by atoms with E-state index in [-0.39, 0.29) is 24.8 Å². The molecule has 1 aromatic carbocycles. The Morgan fingerprint density at radius 1 is 1.07 bits per heavy atom. The number of likely N-dealkylation sites (N-methyl/N-ethyl adjacent to an activating group) is 1. The van der Waals surface area contributed by atoms with Gasteiger partial charge in [0.15, 0.2) is 0 Å². The molecule has 2 saturated heterocycles. The fourth-order valence-corrected chi connectivity index (χ4v) is 7.19. The molecule has 3 amide bonds. The zero-order valence-electron chi connectivity index (χ0n) is 26.1. The number of cyclic esters (lactones) is 1. The molecule has 10 nitrogen and oxygen atoms in total. The van der Waals surface area contributed by atoms with Gasteiger partial charge < -0.3 is 29.3 Å². The largest absolute Gasteiger partial charge is 0.455 e. The maximum atomic E-state index is 14.4. The summed E-state index contributed by atoms with van der Waals surface area (Å²) < 4.78 is 13.0. The van der Waals surface area contributed by atoms with Crippen LogP contribution in [0.15, 0.2) is 54.6 Å². The number of hydrogen-bond acceptors (Lipinski definition) is 7. The molecule has 10 heteroatoms. The van der Waals surface area contributed by atoms with Gasteiger partial charge in [0.2, 0.25) is 17.7 Å². The summed E-state index contributed by atoms with van der Waals surface area (Å²) in [5.74, 6) is -3.44. The zero-order chi connectivity index (χ0) is 31.6. The molecule has 1 N–H and O–H groups in total. The molecular weight excluding hydrogens is 562 g/mol. The van der Waals surface area contributed by atoms with E-state index in [1.54, 1.807) is 35.9 Å². The monoisotopic (exact) mass is 607 g/mol. The lowest BCUT2D eigenvalue weighted by Gasteiger charge is -2.37. The van der Waals surface area contributed by atoms with Crippen LogP contribution in [-0.2, 0) is 28.7 Å². The number of carbonyl (C=O) groups excluding carboxylic acids is 4. The summed E-state index contributed by atoms with van der Waals surface area (Å²) in [6, 6.07) is 7.07. The highest BCUT2D eigenvalue weighted by Crippen LogP contribution is 2.54. The van der Waals surface area contributed by atoms with E-state index in [0.717, 1.165) is 24.8 Å². The molecule has 5 rings (SSSR count). The second-order valence-electron chi connectivity index (χ2n) is 12.5. The Labute approximate surface area is 259 Å². The van der Waals surface area contributed by atoms with E-state index in [1.165, 1.54) is 4.90 Å². The van der Waals surface area contributed by atoms with Crippen molar-refractivity contribution in [3.8, 4) is 0 Å². The van der Waals surface area contributed by atoms with Gasteiger partial charge in [-0.1, -0.05) is 74.4 Å². The number of ether oxygens (including phenoxy) is 2. The Bertz CT molecular complexity index is 1300. The predicted molar refractivity (Wildman–Crippen MR) is 163 cm³/mol. The number of unbranched alkanes of at least 4 members (excludes halogenated alkanes) is 2. The number of esters is 1. The van der Waals surface area contributed by atoms with Gasteiger partial charge in [0.25, 0.3) is 0 Å². The van der Waals surface area contributed by atoms with Crippen LogP contribution in [0.25, 0.3) is 0 Å². The smallest absolute Gasteiger partial charge is 0.313 e. The summed E-state index contributed by atoms with van der Waals surface area (Å²) in [5.41, 5.74) is -0.694. The molecule has 8 atom stereocenters. The summed E-state index contributed by atoms with van der Waals surface area (Å²) in [6.45, 7) is 6.20. The minimum atomic E-state index is -1.42. The highest BCUT2D eigenvalue weighted by molar-refractivity contribution is 5.99. The summed E-state index contributed by atoms with van der Waals surface area (Å²) >= 11 is 0. The number of nitrogens with zero attached hydrogens (tertiary/aromatic N) is 3. The van der Waals surface area contributed by atoms with Crippen LogP contribution in [0.1, 0.15) is 64.5 Å². The third-order valence-corrected chi connectivity index (χ3v) is 9.72. The number of fused-ring (bicyclic) bond motifs is 2. The molecule has 0 aromatic heterocycles. The first kappa shape index (κ1) is 31.9. The number of carbonyl (C=O) groups is 4. The molecule has 238 valence electrons. The van der Waals surface area contributed by atoms with Crippen molar-refractivity contribution in [1.82, 2.24) is 14.7 Å². The number of likely N-dealkylation sites (tertiary alicyclic amines) is 1. The number of hydrogen-bond donors (Lipinski definition) is 1. The van der Waals surface area contributed by atoms with Gasteiger partial charge in [-0.15, -0.1) is 0 Å². The van der Waals surface area contributed by atoms with Crippen molar-refractivity contribution in [3.63, 3.8) is 0 Å². The van der Waals surface area contributed by atoms with Gasteiger partial charge in [-0.2, -0.15) is 0 Å². The van der Waals surface area contributed by atoms with Crippen LogP contribution in [-0.4, -0.2) is 100 Å². The Morgan fingerprint density at radius 3 is 2.52 bits per heavy atom. The lowest BCUT2D eigenvalue weighted by molar-refractivity contribution is -0.164. The van der Waals surface area contributed by atoms with E-state index in [9.17, 15) is 24.3 Å². The topological polar surface area (TPSA) is 117 Å². The Morgan fingerprint density at radius 2 is 1.82 bits per heavy atom. The molecule has 2 fully saturated rings. The van der Waals surface area contributed by atoms with E-state index in [1.807, 2.05) is 49.4 Å². The van der Waals surface area contributed by atoms with E-state index in [2.05, 4.69) is 6.92 Å². The van der Waals surface area contributed by atoms with Crippen LogP contribution < -0.4 is 0 Å². The SMILES string of the molecule is CCCCCN1CC=C[C@]23O[C@@H]4/C=C\CCC(=O)N(C)[C@H](C)[C@@H](c5ccccc5)OC(=O)[C@@H]4[C@H]2C(=O)N([C@H](C)CO)[C@@H]3C1=O. The maximum Gasteiger partial charge on any atom is 0.313 e. The minimum absolute atomic E-state index is 0.0802. The van der Waals surface area contributed by atoms with Crippen molar-refractivity contribution >= 4 is 23.7 Å². The molecule has 4 aliphatic heterocycles. The molecule has 44 heavy (non-hydrogen) atoms. The number of amides is 3. The van der Waals surface area contributed by atoms with Gasteiger partial charge in [-0.25, -0.2) is 0 Å².